The standard InChI is InChI=1S/C15H19FN2O3/c1-2-17(8-9-19)15(21)12-10-11(5-6-13(12)16)18-7-3-4-14(18)20/h5-6,10,19H,2-4,7-9H2,1H3. The van der Waals surface area contributed by atoms with Gasteiger partial charge in [0.25, 0.3) is 5.91 Å². The van der Waals surface area contributed by atoms with Gasteiger partial charge in [0.05, 0.1) is 12.2 Å². The molecule has 1 aliphatic rings. The Balaban J connectivity index is 2.30. The molecule has 2 amide bonds. The zero-order chi connectivity index (χ0) is 15.4. The van der Waals surface area contributed by atoms with Gasteiger partial charge in [0, 0.05) is 31.7 Å². The number of hydrogen-bond donors (Lipinski definition) is 1. The van der Waals surface area contributed by atoms with Crippen LogP contribution in [-0.4, -0.2) is 48.1 Å². The first kappa shape index (κ1) is 15.4. The summed E-state index contributed by atoms with van der Waals surface area (Å²) in [5.74, 6) is -1.10. The fraction of sp³-hybridized carbons (Fsp3) is 0.467. The lowest BCUT2D eigenvalue weighted by atomic mass is 10.1. The molecule has 0 atom stereocenters. The lowest BCUT2D eigenvalue weighted by Crippen LogP contribution is -2.34. The average molecular weight is 294 g/mol. The maximum absolute atomic E-state index is 13.9. The molecule has 1 aliphatic heterocycles. The Morgan fingerprint density at radius 2 is 2.24 bits per heavy atom. The monoisotopic (exact) mass is 294 g/mol. The quantitative estimate of drug-likeness (QED) is 0.893. The molecule has 1 heterocycles. The summed E-state index contributed by atoms with van der Waals surface area (Å²) in [6, 6.07) is 4.14. The molecule has 1 fully saturated rings. The van der Waals surface area contributed by atoms with E-state index in [9.17, 15) is 14.0 Å². The highest BCUT2D eigenvalue weighted by atomic mass is 19.1. The molecule has 6 heteroatoms. The van der Waals surface area contributed by atoms with E-state index in [0.717, 1.165) is 6.42 Å². The third kappa shape index (κ3) is 3.21. The van der Waals surface area contributed by atoms with Gasteiger partial charge in [0.15, 0.2) is 0 Å². The SMILES string of the molecule is CCN(CCO)C(=O)c1cc(N2CCCC2=O)ccc1F. The minimum atomic E-state index is -0.619. The van der Waals surface area contributed by atoms with Crippen molar-refractivity contribution in [3.8, 4) is 0 Å². The van der Waals surface area contributed by atoms with Crippen molar-refractivity contribution in [1.82, 2.24) is 4.90 Å². The van der Waals surface area contributed by atoms with Crippen LogP contribution in [-0.2, 0) is 4.79 Å². The van der Waals surface area contributed by atoms with Crippen LogP contribution in [0.5, 0.6) is 0 Å². The Morgan fingerprint density at radius 1 is 1.48 bits per heavy atom. The van der Waals surface area contributed by atoms with Gasteiger partial charge in [-0.15, -0.1) is 0 Å². The van der Waals surface area contributed by atoms with Crippen LogP contribution in [0, 0.1) is 5.82 Å². The van der Waals surface area contributed by atoms with Crippen LogP contribution >= 0.6 is 0 Å². The maximum Gasteiger partial charge on any atom is 0.256 e. The van der Waals surface area contributed by atoms with Gasteiger partial charge in [-0.25, -0.2) is 4.39 Å². The van der Waals surface area contributed by atoms with E-state index in [1.54, 1.807) is 11.8 Å². The van der Waals surface area contributed by atoms with E-state index in [0.29, 0.717) is 25.2 Å². The molecule has 114 valence electrons. The van der Waals surface area contributed by atoms with Crippen molar-refractivity contribution in [2.75, 3.05) is 31.1 Å². The molecule has 0 aromatic heterocycles. The van der Waals surface area contributed by atoms with E-state index in [4.69, 9.17) is 5.11 Å². The number of likely N-dealkylation sites (N-methyl/N-ethyl adjacent to an activating group) is 1. The number of hydrogen-bond acceptors (Lipinski definition) is 3. The zero-order valence-corrected chi connectivity index (χ0v) is 12.0. The smallest absolute Gasteiger partial charge is 0.256 e. The third-order valence-corrected chi connectivity index (χ3v) is 3.60. The highest BCUT2D eigenvalue weighted by Crippen LogP contribution is 2.24. The van der Waals surface area contributed by atoms with E-state index in [-0.39, 0.29) is 24.6 Å². The second-order valence-electron chi connectivity index (χ2n) is 4.92. The molecule has 0 unspecified atom stereocenters. The van der Waals surface area contributed by atoms with E-state index < -0.39 is 11.7 Å². The summed E-state index contributed by atoms with van der Waals surface area (Å²) < 4.78 is 13.9. The molecule has 0 radical (unpaired) electrons. The molecule has 1 aromatic carbocycles. The molecule has 0 saturated carbocycles. The highest BCUT2D eigenvalue weighted by molar-refractivity contribution is 5.99. The third-order valence-electron chi connectivity index (χ3n) is 3.60. The number of anilines is 1. The molecule has 5 nitrogen and oxygen atoms in total. The zero-order valence-electron chi connectivity index (χ0n) is 12.0. The molecular formula is C15H19FN2O3. The number of carbonyl (C=O) groups excluding carboxylic acids is 2. The summed E-state index contributed by atoms with van der Waals surface area (Å²) in [5, 5.41) is 8.95. The van der Waals surface area contributed by atoms with Gasteiger partial charge >= 0.3 is 0 Å². The Kier molecular flexibility index (Phi) is 4.90. The van der Waals surface area contributed by atoms with Crippen molar-refractivity contribution < 1.29 is 19.1 Å². The van der Waals surface area contributed by atoms with Crippen molar-refractivity contribution in [2.45, 2.75) is 19.8 Å². The summed E-state index contributed by atoms with van der Waals surface area (Å²) >= 11 is 0. The number of benzene rings is 1. The Hall–Kier alpha value is -1.95. The second kappa shape index (κ2) is 6.67. The fourth-order valence-electron chi connectivity index (χ4n) is 2.46. The van der Waals surface area contributed by atoms with E-state index in [1.807, 2.05) is 0 Å². The van der Waals surface area contributed by atoms with Gasteiger partial charge in [-0.05, 0) is 31.5 Å². The first-order chi connectivity index (χ1) is 10.1. The van der Waals surface area contributed by atoms with Crippen molar-refractivity contribution in [3.63, 3.8) is 0 Å². The van der Waals surface area contributed by atoms with E-state index in [1.165, 1.54) is 23.1 Å². The van der Waals surface area contributed by atoms with E-state index >= 15 is 0 Å². The van der Waals surface area contributed by atoms with Gasteiger partial charge in [0.1, 0.15) is 5.82 Å². The van der Waals surface area contributed by atoms with Crippen molar-refractivity contribution >= 4 is 17.5 Å². The number of carbonyl (C=O) groups is 2. The van der Waals surface area contributed by atoms with Gasteiger partial charge in [-0.2, -0.15) is 0 Å². The summed E-state index contributed by atoms with van der Waals surface area (Å²) in [6.45, 7) is 2.71. The van der Waals surface area contributed by atoms with Crippen molar-refractivity contribution in [1.29, 1.82) is 0 Å². The Morgan fingerprint density at radius 3 is 2.81 bits per heavy atom. The van der Waals surface area contributed by atoms with Crippen LogP contribution in [0.15, 0.2) is 18.2 Å². The van der Waals surface area contributed by atoms with Gasteiger partial charge in [-0.1, -0.05) is 0 Å². The van der Waals surface area contributed by atoms with Gasteiger partial charge in [-0.3, -0.25) is 9.59 Å². The number of aliphatic hydroxyl groups excluding tert-OH is 1. The molecule has 1 saturated heterocycles. The highest BCUT2D eigenvalue weighted by Gasteiger charge is 2.24. The maximum atomic E-state index is 13.9. The lowest BCUT2D eigenvalue weighted by molar-refractivity contribution is -0.117. The topological polar surface area (TPSA) is 60.9 Å². The van der Waals surface area contributed by atoms with Crippen LogP contribution in [0.1, 0.15) is 30.1 Å². The minimum Gasteiger partial charge on any atom is -0.395 e. The molecule has 0 bridgehead atoms. The average Bonchev–Trinajstić information content (AvgIpc) is 2.91. The second-order valence-corrected chi connectivity index (χ2v) is 4.92. The number of nitrogens with zero attached hydrogens (tertiary/aromatic N) is 2. The normalized spacial score (nSPS) is 14.6. The number of amides is 2. The van der Waals surface area contributed by atoms with Crippen LogP contribution in [0.25, 0.3) is 0 Å². The summed E-state index contributed by atoms with van der Waals surface area (Å²) in [5.41, 5.74) is 0.477. The number of aliphatic hydroxyl groups is 1. The summed E-state index contributed by atoms with van der Waals surface area (Å²) in [7, 11) is 0. The molecule has 1 N–H and O–H groups in total. The molecule has 2 rings (SSSR count). The van der Waals surface area contributed by atoms with Gasteiger partial charge in [0.2, 0.25) is 5.91 Å². The van der Waals surface area contributed by atoms with Crippen LogP contribution in [0.3, 0.4) is 0 Å². The van der Waals surface area contributed by atoms with Crippen LogP contribution in [0.2, 0.25) is 0 Å². The predicted octanol–water partition coefficient (Wildman–Crippen LogP) is 1.41. The predicted molar refractivity (Wildman–Crippen MR) is 76.7 cm³/mol. The van der Waals surface area contributed by atoms with Gasteiger partial charge < -0.3 is 14.9 Å². The van der Waals surface area contributed by atoms with Crippen molar-refractivity contribution in [2.24, 2.45) is 0 Å². The van der Waals surface area contributed by atoms with E-state index in [2.05, 4.69) is 0 Å². The fourth-order valence-corrected chi connectivity index (χ4v) is 2.46. The molecule has 21 heavy (non-hydrogen) atoms. The lowest BCUT2D eigenvalue weighted by Gasteiger charge is -2.21. The number of rotatable bonds is 5. The number of halogens is 1. The molecule has 0 spiro atoms. The first-order valence-corrected chi connectivity index (χ1v) is 7.08. The summed E-state index contributed by atoms with van der Waals surface area (Å²) in [4.78, 5) is 27.0. The summed E-state index contributed by atoms with van der Waals surface area (Å²) in [6.07, 6.45) is 1.25. The van der Waals surface area contributed by atoms with Crippen molar-refractivity contribution in [3.05, 3.63) is 29.6 Å². The Bertz CT molecular complexity index is 548. The molecule has 1 aromatic rings. The molecular weight excluding hydrogens is 275 g/mol. The minimum absolute atomic E-state index is 0.0114. The first-order valence-electron chi connectivity index (χ1n) is 7.08. The molecule has 0 aliphatic carbocycles. The van der Waals surface area contributed by atoms with Crippen LogP contribution in [0.4, 0.5) is 10.1 Å². The Labute approximate surface area is 123 Å². The largest absolute Gasteiger partial charge is 0.395 e. The van der Waals surface area contributed by atoms with Crippen LogP contribution < -0.4 is 4.90 Å².